The Hall–Kier alpha value is -2.69. The zero-order valence-corrected chi connectivity index (χ0v) is 18.2. The van der Waals surface area contributed by atoms with E-state index in [4.69, 9.17) is 16.6 Å². The van der Waals surface area contributed by atoms with Gasteiger partial charge < -0.3 is 32.5 Å². The zero-order chi connectivity index (χ0) is 23.6. The standard InChI is InChI=1S/C19H35N5O6/c1-9(2)8-13(24-18(28)15(21)10(3)4)17(27)22-11(5)16(26)23-12(19(29)30)6-7-14(20)25/h9-13,15H,6-8,21H2,1-5H3,(H2,20,25)(H,22,27)(H,23,26)(H,24,28)(H,29,30). The van der Waals surface area contributed by atoms with Crippen LogP contribution < -0.4 is 27.4 Å². The monoisotopic (exact) mass is 429 g/mol. The van der Waals surface area contributed by atoms with Crippen molar-refractivity contribution in [1.29, 1.82) is 0 Å². The number of nitrogens with one attached hydrogen (secondary N) is 3. The van der Waals surface area contributed by atoms with Crippen LogP contribution in [-0.4, -0.2) is 58.9 Å². The van der Waals surface area contributed by atoms with Crippen molar-refractivity contribution in [1.82, 2.24) is 16.0 Å². The largest absolute Gasteiger partial charge is 0.480 e. The van der Waals surface area contributed by atoms with E-state index in [9.17, 15) is 24.0 Å². The van der Waals surface area contributed by atoms with Gasteiger partial charge in [-0.15, -0.1) is 0 Å². The Balaban J connectivity index is 5.06. The lowest BCUT2D eigenvalue weighted by molar-refractivity contribution is -0.142. The van der Waals surface area contributed by atoms with Crippen LogP contribution in [0.4, 0.5) is 0 Å². The van der Waals surface area contributed by atoms with Crippen LogP contribution in [0.5, 0.6) is 0 Å². The molecule has 8 N–H and O–H groups in total. The molecule has 0 saturated heterocycles. The van der Waals surface area contributed by atoms with Gasteiger partial charge in [-0.1, -0.05) is 27.7 Å². The SMILES string of the molecule is CC(C)CC(NC(=O)C(N)C(C)C)C(=O)NC(C)C(=O)NC(CCC(N)=O)C(=O)O. The van der Waals surface area contributed by atoms with E-state index in [-0.39, 0.29) is 24.7 Å². The van der Waals surface area contributed by atoms with Crippen molar-refractivity contribution in [3.8, 4) is 0 Å². The maximum Gasteiger partial charge on any atom is 0.326 e. The summed E-state index contributed by atoms with van der Waals surface area (Å²) in [4.78, 5) is 59.3. The average Bonchev–Trinajstić information content (AvgIpc) is 2.62. The summed E-state index contributed by atoms with van der Waals surface area (Å²) in [7, 11) is 0. The lowest BCUT2D eigenvalue weighted by Crippen LogP contribution is -2.57. The summed E-state index contributed by atoms with van der Waals surface area (Å²) >= 11 is 0. The van der Waals surface area contributed by atoms with Gasteiger partial charge >= 0.3 is 5.97 Å². The van der Waals surface area contributed by atoms with Crippen molar-refractivity contribution >= 4 is 29.6 Å². The highest BCUT2D eigenvalue weighted by atomic mass is 16.4. The Kier molecular flexibility index (Phi) is 11.6. The Morgan fingerprint density at radius 1 is 0.833 bits per heavy atom. The molecule has 0 aliphatic rings. The lowest BCUT2D eigenvalue weighted by Gasteiger charge is -2.25. The molecule has 0 aromatic carbocycles. The molecule has 172 valence electrons. The van der Waals surface area contributed by atoms with Crippen LogP contribution in [0.2, 0.25) is 0 Å². The zero-order valence-electron chi connectivity index (χ0n) is 18.2. The van der Waals surface area contributed by atoms with Gasteiger partial charge in [-0.3, -0.25) is 19.2 Å². The van der Waals surface area contributed by atoms with Gasteiger partial charge in [0.25, 0.3) is 0 Å². The predicted molar refractivity (Wildman–Crippen MR) is 110 cm³/mol. The van der Waals surface area contributed by atoms with Crippen LogP contribution in [0, 0.1) is 11.8 Å². The number of amides is 4. The number of nitrogens with two attached hydrogens (primary N) is 2. The molecule has 0 fully saturated rings. The number of rotatable bonds is 13. The first-order valence-corrected chi connectivity index (χ1v) is 9.94. The number of carboxylic acids is 1. The van der Waals surface area contributed by atoms with E-state index < -0.39 is 53.8 Å². The Labute approximate surface area is 176 Å². The molecule has 0 rings (SSSR count). The van der Waals surface area contributed by atoms with Crippen molar-refractivity contribution in [3.63, 3.8) is 0 Å². The number of primary amides is 1. The second-order valence-corrected chi connectivity index (χ2v) is 8.10. The normalized spacial score (nSPS) is 15.1. The van der Waals surface area contributed by atoms with Crippen LogP contribution >= 0.6 is 0 Å². The Morgan fingerprint density at radius 3 is 1.80 bits per heavy atom. The molecule has 0 aromatic heterocycles. The minimum atomic E-state index is -1.32. The molecule has 11 nitrogen and oxygen atoms in total. The molecule has 0 aliphatic carbocycles. The third kappa shape index (κ3) is 10.2. The van der Waals surface area contributed by atoms with Crippen LogP contribution in [0.15, 0.2) is 0 Å². The fourth-order valence-electron chi connectivity index (χ4n) is 2.49. The summed E-state index contributed by atoms with van der Waals surface area (Å²) in [6.07, 6.45) is -0.0557. The van der Waals surface area contributed by atoms with E-state index in [0.29, 0.717) is 6.42 Å². The molecule has 4 amide bonds. The molecule has 4 atom stereocenters. The fraction of sp³-hybridized carbons (Fsp3) is 0.737. The molecular weight excluding hydrogens is 394 g/mol. The van der Waals surface area contributed by atoms with Gasteiger partial charge in [0.2, 0.25) is 23.6 Å². The summed E-state index contributed by atoms with van der Waals surface area (Å²) < 4.78 is 0. The van der Waals surface area contributed by atoms with Crippen LogP contribution in [0.25, 0.3) is 0 Å². The average molecular weight is 430 g/mol. The minimum Gasteiger partial charge on any atom is -0.480 e. The van der Waals surface area contributed by atoms with Gasteiger partial charge in [-0.2, -0.15) is 0 Å². The highest BCUT2D eigenvalue weighted by molar-refractivity contribution is 5.94. The molecule has 0 aromatic rings. The maximum absolute atomic E-state index is 12.6. The van der Waals surface area contributed by atoms with Crippen molar-refractivity contribution < 1.29 is 29.1 Å². The smallest absolute Gasteiger partial charge is 0.326 e. The third-order valence-corrected chi connectivity index (χ3v) is 4.41. The first-order valence-electron chi connectivity index (χ1n) is 9.94. The summed E-state index contributed by atoms with van der Waals surface area (Å²) in [5, 5.41) is 16.5. The number of hydrogen-bond donors (Lipinski definition) is 6. The number of carbonyl (C=O) groups excluding carboxylic acids is 4. The quantitative estimate of drug-likeness (QED) is 0.212. The van der Waals surface area contributed by atoms with Crippen molar-refractivity contribution in [2.75, 3.05) is 0 Å². The first kappa shape index (κ1) is 27.3. The molecule has 0 radical (unpaired) electrons. The van der Waals surface area contributed by atoms with Gasteiger partial charge in [-0.25, -0.2) is 4.79 Å². The molecule has 30 heavy (non-hydrogen) atoms. The van der Waals surface area contributed by atoms with Gasteiger partial charge in [0.05, 0.1) is 6.04 Å². The summed E-state index contributed by atoms with van der Waals surface area (Å²) in [5.41, 5.74) is 10.8. The Bertz CT molecular complexity index is 637. The molecule has 0 spiro atoms. The van der Waals surface area contributed by atoms with Crippen LogP contribution in [0.1, 0.15) is 53.9 Å². The van der Waals surface area contributed by atoms with Crippen LogP contribution in [0.3, 0.4) is 0 Å². The predicted octanol–water partition coefficient (Wildman–Crippen LogP) is -1.16. The second-order valence-electron chi connectivity index (χ2n) is 8.10. The van der Waals surface area contributed by atoms with E-state index in [2.05, 4.69) is 16.0 Å². The number of carbonyl (C=O) groups is 5. The summed E-state index contributed by atoms with van der Waals surface area (Å²) in [5.74, 6) is -3.86. The van der Waals surface area contributed by atoms with E-state index in [0.717, 1.165) is 0 Å². The minimum absolute atomic E-state index is 0.0747. The van der Waals surface area contributed by atoms with Gasteiger partial charge in [0.1, 0.15) is 18.1 Å². The molecule has 11 heteroatoms. The lowest BCUT2D eigenvalue weighted by atomic mass is 10.0. The second kappa shape index (κ2) is 12.8. The van der Waals surface area contributed by atoms with Crippen LogP contribution in [-0.2, 0) is 24.0 Å². The van der Waals surface area contributed by atoms with E-state index >= 15 is 0 Å². The van der Waals surface area contributed by atoms with Crippen molar-refractivity contribution in [2.24, 2.45) is 23.3 Å². The Morgan fingerprint density at radius 2 is 1.37 bits per heavy atom. The maximum atomic E-state index is 12.6. The topological polar surface area (TPSA) is 194 Å². The number of hydrogen-bond acceptors (Lipinski definition) is 6. The number of carboxylic acid groups (broad SMARTS) is 1. The van der Waals surface area contributed by atoms with E-state index in [1.165, 1.54) is 6.92 Å². The van der Waals surface area contributed by atoms with Crippen molar-refractivity contribution in [2.45, 2.75) is 78.0 Å². The highest BCUT2D eigenvalue weighted by Crippen LogP contribution is 2.07. The molecule has 0 aliphatic heterocycles. The molecule has 0 bridgehead atoms. The summed E-state index contributed by atoms with van der Waals surface area (Å²) in [6.45, 7) is 8.70. The third-order valence-electron chi connectivity index (χ3n) is 4.41. The van der Waals surface area contributed by atoms with Gasteiger partial charge in [-0.05, 0) is 31.6 Å². The first-order chi connectivity index (χ1) is 13.8. The molecular formula is C19H35N5O6. The highest BCUT2D eigenvalue weighted by Gasteiger charge is 2.29. The van der Waals surface area contributed by atoms with Gasteiger partial charge in [0, 0.05) is 6.42 Å². The molecule has 0 heterocycles. The summed E-state index contributed by atoms with van der Waals surface area (Å²) in [6, 6.07) is -4.07. The molecule has 0 saturated carbocycles. The van der Waals surface area contributed by atoms with Gasteiger partial charge in [0.15, 0.2) is 0 Å². The van der Waals surface area contributed by atoms with E-state index in [1.807, 2.05) is 13.8 Å². The number of aliphatic carboxylic acids is 1. The molecule has 4 unspecified atom stereocenters. The van der Waals surface area contributed by atoms with Crippen molar-refractivity contribution in [3.05, 3.63) is 0 Å². The van der Waals surface area contributed by atoms with E-state index in [1.54, 1.807) is 13.8 Å². The fourth-order valence-corrected chi connectivity index (χ4v) is 2.49.